The predicted octanol–water partition coefficient (Wildman–Crippen LogP) is 5.57. The second kappa shape index (κ2) is 6.88. The van der Waals surface area contributed by atoms with Crippen LogP contribution < -0.4 is 5.32 Å². The molecule has 0 saturated heterocycles. The summed E-state index contributed by atoms with van der Waals surface area (Å²) in [5.41, 5.74) is 4.44. The van der Waals surface area contributed by atoms with E-state index in [1.54, 1.807) is 6.07 Å². The fourth-order valence-corrected chi connectivity index (χ4v) is 3.48. The number of rotatable bonds is 3. The molecule has 5 heteroatoms. The quantitative estimate of drug-likeness (QED) is 0.750. The first-order valence-corrected chi connectivity index (χ1v) is 8.45. The molecule has 0 aliphatic heterocycles. The lowest BCUT2D eigenvalue weighted by Crippen LogP contribution is -2.33. The molecule has 0 saturated carbocycles. The summed E-state index contributed by atoms with van der Waals surface area (Å²) >= 11 is 12.2. The third-order valence-corrected chi connectivity index (χ3v) is 5.13. The van der Waals surface area contributed by atoms with Gasteiger partial charge < -0.3 is 10.4 Å². The molecule has 0 bridgehead atoms. The summed E-state index contributed by atoms with van der Waals surface area (Å²) in [6.45, 7) is 1.86. The van der Waals surface area contributed by atoms with Crippen molar-refractivity contribution in [3.63, 3.8) is 0 Å². The topological polar surface area (TPSA) is 49.3 Å². The van der Waals surface area contributed by atoms with Crippen molar-refractivity contribution < 1.29 is 9.90 Å². The van der Waals surface area contributed by atoms with E-state index in [1.807, 2.05) is 37.3 Å². The minimum atomic E-state index is -1.02. The molecule has 124 valence electrons. The molecule has 2 N–H and O–H groups in total. The van der Waals surface area contributed by atoms with E-state index in [2.05, 4.69) is 17.5 Å². The van der Waals surface area contributed by atoms with Crippen LogP contribution in [0.5, 0.6) is 0 Å². The van der Waals surface area contributed by atoms with E-state index in [-0.39, 0.29) is 12.0 Å². The molecular weight excluding hydrogens is 345 g/mol. The Morgan fingerprint density at radius 1 is 1.21 bits per heavy atom. The van der Waals surface area contributed by atoms with Crippen molar-refractivity contribution in [3.05, 3.63) is 74.8 Å². The summed E-state index contributed by atoms with van der Waals surface area (Å²) in [4.78, 5) is 11.0. The van der Waals surface area contributed by atoms with E-state index in [9.17, 15) is 4.79 Å². The van der Waals surface area contributed by atoms with Crippen LogP contribution in [0.3, 0.4) is 0 Å². The van der Waals surface area contributed by atoms with Gasteiger partial charge in [0.05, 0.1) is 16.1 Å². The molecule has 0 aromatic heterocycles. The lowest BCUT2D eigenvalue weighted by atomic mass is 9.77. The molecule has 1 aliphatic carbocycles. The normalized spacial score (nSPS) is 17.6. The van der Waals surface area contributed by atoms with E-state index in [4.69, 9.17) is 28.3 Å². The highest BCUT2D eigenvalue weighted by molar-refractivity contribution is 6.42. The summed E-state index contributed by atoms with van der Waals surface area (Å²) in [7, 11) is 0. The minimum Gasteiger partial charge on any atom is -0.465 e. The first-order chi connectivity index (χ1) is 11.5. The maximum Gasteiger partial charge on any atom is 0.405 e. The monoisotopic (exact) mass is 361 g/mol. The van der Waals surface area contributed by atoms with Crippen molar-refractivity contribution in [2.75, 3.05) is 0 Å². The molecule has 0 heterocycles. The average molecular weight is 362 g/mol. The van der Waals surface area contributed by atoms with Gasteiger partial charge in [0.2, 0.25) is 0 Å². The van der Waals surface area contributed by atoms with E-state index in [0.29, 0.717) is 10.0 Å². The third kappa shape index (κ3) is 3.42. The molecule has 2 aromatic carbocycles. The first-order valence-electron chi connectivity index (χ1n) is 7.69. The molecule has 3 nitrogen and oxygen atoms in total. The zero-order chi connectivity index (χ0) is 17.3. The van der Waals surface area contributed by atoms with Crippen LogP contribution >= 0.6 is 23.2 Å². The molecule has 2 aromatic rings. The Morgan fingerprint density at radius 3 is 2.67 bits per heavy atom. The number of amides is 1. The van der Waals surface area contributed by atoms with Crippen molar-refractivity contribution >= 4 is 35.4 Å². The van der Waals surface area contributed by atoms with Crippen molar-refractivity contribution in [2.24, 2.45) is 0 Å². The number of fused-ring (bicyclic) bond motifs is 1. The molecular formula is C19H17Cl2NO2. The van der Waals surface area contributed by atoms with Gasteiger partial charge in [-0.15, -0.1) is 0 Å². The largest absolute Gasteiger partial charge is 0.465 e. The molecule has 1 amide bonds. The van der Waals surface area contributed by atoms with Crippen LogP contribution in [0, 0.1) is 0 Å². The highest BCUT2D eigenvalue weighted by atomic mass is 35.5. The molecule has 2 unspecified atom stereocenters. The SMILES string of the molecule is CC(NC(=O)O)C1=Cc2ccccc2C(c2ccc(Cl)c(Cl)c2)C1. The van der Waals surface area contributed by atoms with Crippen molar-refractivity contribution in [1.82, 2.24) is 5.32 Å². The molecule has 3 rings (SSSR count). The fourth-order valence-electron chi connectivity index (χ4n) is 3.17. The lowest BCUT2D eigenvalue weighted by molar-refractivity contribution is 0.192. The maximum atomic E-state index is 11.0. The van der Waals surface area contributed by atoms with E-state index in [0.717, 1.165) is 23.1 Å². The minimum absolute atomic E-state index is 0.119. The molecule has 0 fully saturated rings. The highest BCUT2D eigenvalue weighted by Gasteiger charge is 2.26. The van der Waals surface area contributed by atoms with Gasteiger partial charge in [-0.2, -0.15) is 0 Å². The average Bonchev–Trinajstić information content (AvgIpc) is 2.55. The van der Waals surface area contributed by atoms with Gasteiger partial charge in [-0.1, -0.05) is 59.6 Å². The highest BCUT2D eigenvalue weighted by Crippen LogP contribution is 2.40. The van der Waals surface area contributed by atoms with Crippen LogP contribution in [-0.4, -0.2) is 17.2 Å². The Hall–Kier alpha value is -1.97. The van der Waals surface area contributed by atoms with Gasteiger partial charge in [0.25, 0.3) is 0 Å². The second-order valence-electron chi connectivity index (χ2n) is 5.95. The summed E-state index contributed by atoms with van der Waals surface area (Å²) in [5, 5.41) is 12.6. The van der Waals surface area contributed by atoms with Crippen LogP contribution in [-0.2, 0) is 0 Å². The Morgan fingerprint density at radius 2 is 1.96 bits per heavy atom. The molecule has 2 atom stereocenters. The van der Waals surface area contributed by atoms with E-state index < -0.39 is 6.09 Å². The van der Waals surface area contributed by atoms with Gasteiger partial charge in [-0.3, -0.25) is 0 Å². The first kappa shape index (κ1) is 16.9. The summed E-state index contributed by atoms with van der Waals surface area (Å²) in [6.07, 6.45) is 1.79. The Labute approximate surface area is 150 Å². The molecule has 24 heavy (non-hydrogen) atoms. The Balaban J connectivity index is 2.02. The van der Waals surface area contributed by atoms with E-state index >= 15 is 0 Å². The Kier molecular flexibility index (Phi) is 4.83. The van der Waals surface area contributed by atoms with Gasteiger partial charge in [-0.25, -0.2) is 4.79 Å². The number of hydrogen-bond donors (Lipinski definition) is 2. The number of carboxylic acid groups (broad SMARTS) is 1. The summed E-state index contributed by atoms with van der Waals surface area (Å²) < 4.78 is 0. The van der Waals surface area contributed by atoms with Crippen molar-refractivity contribution in [2.45, 2.75) is 25.3 Å². The van der Waals surface area contributed by atoms with Gasteiger partial charge in [0.15, 0.2) is 0 Å². The second-order valence-corrected chi connectivity index (χ2v) is 6.76. The van der Waals surface area contributed by atoms with Gasteiger partial charge in [0, 0.05) is 5.92 Å². The number of nitrogens with one attached hydrogen (secondary N) is 1. The van der Waals surface area contributed by atoms with Crippen LogP contribution in [0.2, 0.25) is 10.0 Å². The van der Waals surface area contributed by atoms with Gasteiger partial charge in [0.1, 0.15) is 0 Å². The molecule has 1 aliphatic rings. The van der Waals surface area contributed by atoms with Crippen molar-refractivity contribution in [1.29, 1.82) is 0 Å². The van der Waals surface area contributed by atoms with Gasteiger partial charge >= 0.3 is 6.09 Å². The fraction of sp³-hybridized carbons (Fsp3) is 0.211. The number of hydrogen-bond acceptors (Lipinski definition) is 1. The number of benzene rings is 2. The zero-order valence-corrected chi connectivity index (χ0v) is 14.6. The summed E-state index contributed by atoms with van der Waals surface area (Å²) in [5.74, 6) is 0.119. The smallest absolute Gasteiger partial charge is 0.405 e. The Bertz CT molecular complexity index is 817. The van der Waals surface area contributed by atoms with Crippen LogP contribution in [0.1, 0.15) is 36.0 Å². The number of carbonyl (C=O) groups is 1. The number of halogens is 2. The predicted molar refractivity (Wildman–Crippen MR) is 98.0 cm³/mol. The van der Waals surface area contributed by atoms with Crippen LogP contribution in [0.4, 0.5) is 4.79 Å². The third-order valence-electron chi connectivity index (χ3n) is 4.39. The van der Waals surface area contributed by atoms with Crippen molar-refractivity contribution in [3.8, 4) is 0 Å². The molecule has 0 spiro atoms. The standard InChI is InChI=1S/C19H17Cl2NO2/c1-11(22-19(23)24)14-8-12-4-2-3-5-15(12)16(9-14)13-6-7-17(20)18(21)10-13/h2-8,10-11,16,22H,9H2,1H3,(H,23,24). The lowest BCUT2D eigenvalue weighted by Gasteiger charge is -2.29. The molecule has 0 radical (unpaired) electrons. The van der Waals surface area contributed by atoms with Crippen LogP contribution in [0.25, 0.3) is 6.08 Å². The van der Waals surface area contributed by atoms with Gasteiger partial charge in [-0.05, 0) is 47.7 Å². The zero-order valence-electron chi connectivity index (χ0n) is 13.1. The summed E-state index contributed by atoms with van der Waals surface area (Å²) in [6, 6.07) is 13.6. The van der Waals surface area contributed by atoms with E-state index in [1.165, 1.54) is 5.56 Å². The van der Waals surface area contributed by atoms with Crippen LogP contribution in [0.15, 0.2) is 48.0 Å². The maximum absolute atomic E-state index is 11.0.